The van der Waals surface area contributed by atoms with Crippen LogP contribution in [0.15, 0.2) is 65.6 Å². The summed E-state index contributed by atoms with van der Waals surface area (Å²) < 4.78 is 52.4. The first-order valence-corrected chi connectivity index (χ1v) is 9.01. The third-order valence-electron chi connectivity index (χ3n) is 3.41. The highest BCUT2D eigenvalue weighted by Gasteiger charge is 2.15. The van der Waals surface area contributed by atoms with Gasteiger partial charge in [-0.05, 0) is 54.1 Å². The highest BCUT2D eigenvalue weighted by molar-refractivity contribution is 7.92. The molecular weight excluding hydrogens is 362 g/mol. The third-order valence-corrected chi connectivity index (χ3v) is 4.78. The second kappa shape index (κ2) is 7.44. The van der Waals surface area contributed by atoms with Gasteiger partial charge >= 0.3 is 0 Å². The van der Waals surface area contributed by atoms with Crippen LogP contribution < -0.4 is 10.0 Å². The van der Waals surface area contributed by atoms with Crippen LogP contribution in [0.25, 0.3) is 0 Å². The Morgan fingerprint density at radius 3 is 1.88 bits per heavy atom. The Morgan fingerprint density at radius 2 is 1.31 bits per heavy atom. The maximum atomic E-state index is 12.9. The van der Waals surface area contributed by atoms with Crippen LogP contribution in [-0.2, 0) is 16.6 Å². The van der Waals surface area contributed by atoms with E-state index < -0.39 is 15.8 Å². The molecule has 134 valence electrons. The van der Waals surface area contributed by atoms with Gasteiger partial charge in [-0.2, -0.15) is 0 Å². The van der Waals surface area contributed by atoms with Crippen molar-refractivity contribution < 1.29 is 17.2 Å². The molecule has 0 fully saturated rings. The number of hydrogen-bond donors (Lipinski definition) is 2. The van der Waals surface area contributed by atoms with Crippen molar-refractivity contribution in [3.05, 3.63) is 77.9 Å². The normalized spacial score (nSPS) is 11.2. The van der Waals surface area contributed by atoms with Crippen LogP contribution in [-0.4, -0.2) is 18.6 Å². The zero-order valence-electron chi connectivity index (χ0n) is 13.4. The summed E-state index contributed by atoms with van der Waals surface area (Å²) in [4.78, 5) is -0.0841. The second-order valence-electron chi connectivity index (χ2n) is 5.34. The van der Waals surface area contributed by atoms with Crippen molar-refractivity contribution in [1.29, 1.82) is 0 Å². The number of aromatic nitrogens is 2. The molecule has 2 N–H and O–H groups in total. The van der Waals surface area contributed by atoms with Crippen LogP contribution in [0, 0.1) is 11.6 Å². The van der Waals surface area contributed by atoms with Crippen LogP contribution in [0.3, 0.4) is 0 Å². The average Bonchev–Trinajstić information content (AvgIpc) is 2.62. The Morgan fingerprint density at radius 1 is 0.769 bits per heavy atom. The van der Waals surface area contributed by atoms with Crippen molar-refractivity contribution in [2.24, 2.45) is 0 Å². The first kappa shape index (κ1) is 17.7. The molecule has 26 heavy (non-hydrogen) atoms. The molecule has 0 aliphatic rings. The Labute approximate surface area is 149 Å². The number of hydrogen-bond acceptors (Lipinski definition) is 5. The summed E-state index contributed by atoms with van der Waals surface area (Å²) in [6.45, 7) is 0.412. The molecule has 3 rings (SSSR count). The molecule has 0 saturated carbocycles. The molecule has 0 radical (unpaired) electrons. The van der Waals surface area contributed by atoms with Crippen LogP contribution >= 0.6 is 0 Å². The van der Waals surface area contributed by atoms with Gasteiger partial charge in [0.1, 0.15) is 17.5 Å². The minimum absolute atomic E-state index is 0.0293. The first-order valence-electron chi connectivity index (χ1n) is 7.53. The van der Waals surface area contributed by atoms with E-state index in [0.29, 0.717) is 12.4 Å². The summed E-state index contributed by atoms with van der Waals surface area (Å²) >= 11 is 0. The van der Waals surface area contributed by atoms with E-state index in [1.807, 2.05) is 0 Å². The van der Waals surface area contributed by atoms with E-state index in [4.69, 9.17) is 0 Å². The number of nitrogens with one attached hydrogen (secondary N) is 2. The third kappa shape index (κ3) is 4.51. The number of anilines is 2. The molecule has 9 heteroatoms. The first-order chi connectivity index (χ1) is 12.4. The fourth-order valence-electron chi connectivity index (χ4n) is 2.09. The molecule has 0 saturated heterocycles. The molecule has 2 aromatic carbocycles. The van der Waals surface area contributed by atoms with Crippen molar-refractivity contribution in [3.8, 4) is 0 Å². The Bertz CT molecular complexity index is 977. The predicted octanol–water partition coefficient (Wildman–Crippen LogP) is 3.17. The summed E-state index contributed by atoms with van der Waals surface area (Å²) in [5.74, 6) is -0.382. The van der Waals surface area contributed by atoms with Crippen LogP contribution in [0.5, 0.6) is 0 Å². The molecular formula is C17H14F2N4O2S. The minimum Gasteiger partial charge on any atom is -0.365 e. The Kier molecular flexibility index (Phi) is 5.08. The van der Waals surface area contributed by atoms with Crippen molar-refractivity contribution >= 4 is 21.7 Å². The summed E-state index contributed by atoms with van der Waals surface area (Å²) in [6.07, 6.45) is 0. The molecule has 0 atom stereocenters. The lowest BCUT2D eigenvalue weighted by Crippen LogP contribution is -2.14. The zero-order valence-corrected chi connectivity index (χ0v) is 14.2. The van der Waals surface area contributed by atoms with E-state index in [2.05, 4.69) is 20.2 Å². The fourth-order valence-corrected chi connectivity index (χ4v) is 3.08. The van der Waals surface area contributed by atoms with E-state index in [1.54, 1.807) is 18.2 Å². The number of rotatable bonds is 6. The maximum Gasteiger partial charge on any atom is 0.263 e. The van der Waals surface area contributed by atoms with E-state index >= 15 is 0 Å². The standard InChI is InChI=1S/C17H14F2N4O2S/c18-13-3-1-12(2-4-13)11-20-16-9-10-17(22-21-16)23-26(24,25)15-7-5-14(19)6-8-15/h1-10H,11H2,(H,20,21)(H,22,23). The lowest BCUT2D eigenvalue weighted by molar-refractivity contribution is 0.599. The molecule has 1 aromatic heterocycles. The van der Waals surface area contributed by atoms with Gasteiger partial charge < -0.3 is 5.32 Å². The summed E-state index contributed by atoms with van der Waals surface area (Å²) in [6, 6.07) is 13.4. The number of benzene rings is 2. The summed E-state index contributed by atoms with van der Waals surface area (Å²) in [7, 11) is -3.88. The summed E-state index contributed by atoms with van der Waals surface area (Å²) in [5, 5.41) is 10.7. The van der Waals surface area contributed by atoms with Crippen LogP contribution in [0.2, 0.25) is 0 Å². The van der Waals surface area contributed by atoms with Gasteiger partial charge in [-0.1, -0.05) is 12.1 Å². The number of nitrogens with zero attached hydrogens (tertiary/aromatic N) is 2. The van der Waals surface area contributed by atoms with E-state index in [9.17, 15) is 17.2 Å². The maximum absolute atomic E-state index is 12.9. The molecule has 0 aliphatic heterocycles. The van der Waals surface area contributed by atoms with Crippen LogP contribution in [0.1, 0.15) is 5.56 Å². The number of sulfonamides is 1. The summed E-state index contributed by atoms with van der Waals surface area (Å²) in [5.41, 5.74) is 0.856. The monoisotopic (exact) mass is 376 g/mol. The highest BCUT2D eigenvalue weighted by Crippen LogP contribution is 2.15. The van der Waals surface area contributed by atoms with Gasteiger partial charge in [-0.15, -0.1) is 10.2 Å². The minimum atomic E-state index is -3.88. The number of halogens is 2. The van der Waals surface area contributed by atoms with Crippen molar-refractivity contribution in [2.45, 2.75) is 11.4 Å². The molecule has 0 aliphatic carbocycles. The van der Waals surface area contributed by atoms with Gasteiger partial charge in [0.15, 0.2) is 5.82 Å². The smallest absolute Gasteiger partial charge is 0.263 e. The van der Waals surface area contributed by atoms with E-state index in [-0.39, 0.29) is 16.5 Å². The van der Waals surface area contributed by atoms with Gasteiger partial charge in [0.05, 0.1) is 4.90 Å². The lowest BCUT2D eigenvalue weighted by Gasteiger charge is -2.08. The van der Waals surface area contributed by atoms with Gasteiger partial charge in [0, 0.05) is 6.54 Å². The van der Waals surface area contributed by atoms with Crippen molar-refractivity contribution in [3.63, 3.8) is 0 Å². The predicted molar refractivity (Wildman–Crippen MR) is 93.0 cm³/mol. The molecule has 0 amide bonds. The zero-order chi connectivity index (χ0) is 18.6. The van der Waals surface area contributed by atoms with Crippen molar-refractivity contribution in [2.75, 3.05) is 10.0 Å². The molecule has 0 spiro atoms. The van der Waals surface area contributed by atoms with Gasteiger partial charge in [-0.3, -0.25) is 4.72 Å². The van der Waals surface area contributed by atoms with Gasteiger partial charge in [0.25, 0.3) is 10.0 Å². The van der Waals surface area contributed by atoms with Gasteiger partial charge in [-0.25, -0.2) is 17.2 Å². The largest absolute Gasteiger partial charge is 0.365 e. The average molecular weight is 376 g/mol. The molecule has 0 unspecified atom stereocenters. The molecule has 3 aromatic rings. The Hall–Kier alpha value is -3.07. The molecule has 0 bridgehead atoms. The van der Waals surface area contributed by atoms with Crippen molar-refractivity contribution in [1.82, 2.24) is 10.2 Å². The fraction of sp³-hybridized carbons (Fsp3) is 0.0588. The van der Waals surface area contributed by atoms with E-state index in [0.717, 1.165) is 29.8 Å². The topological polar surface area (TPSA) is 84.0 Å². The lowest BCUT2D eigenvalue weighted by atomic mass is 10.2. The highest BCUT2D eigenvalue weighted by atomic mass is 32.2. The second-order valence-corrected chi connectivity index (χ2v) is 7.03. The Balaban J connectivity index is 1.63. The molecule has 1 heterocycles. The molecule has 6 nitrogen and oxygen atoms in total. The SMILES string of the molecule is O=S(=O)(Nc1ccc(NCc2ccc(F)cc2)nn1)c1ccc(F)cc1. The quantitative estimate of drug-likeness (QED) is 0.690. The van der Waals surface area contributed by atoms with Crippen LogP contribution in [0.4, 0.5) is 20.4 Å². The van der Waals surface area contributed by atoms with E-state index in [1.165, 1.54) is 18.2 Å². The van der Waals surface area contributed by atoms with Gasteiger partial charge in [0.2, 0.25) is 0 Å².